The molecule has 58 valence electrons. The first kappa shape index (κ1) is 9.41. The van der Waals surface area contributed by atoms with Crippen molar-refractivity contribution in [2.24, 2.45) is 4.99 Å². The van der Waals surface area contributed by atoms with Crippen molar-refractivity contribution in [3.63, 3.8) is 0 Å². The first-order chi connectivity index (χ1) is 4.85. The van der Waals surface area contributed by atoms with Gasteiger partial charge in [0.1, 0.15) is 0 Å². The fraction of sp³-hybridized carbons (Fsp3) is 0.667. The van der Waals surface area contributed by atoms with Crippen LogP contribution < -0.4 is 0 Å². The van der Waals surface area contributed by atoms with Crippen molar-refractivity contribution in [1.82, 2.24) is 0 Å². The standard InChI is InChI=1S/C9H17N/c1-4-7-10-8-9(5-2)6-3/h5,8H,4,6-7H2,1-3H3/b9-5-,10-8?. The zero-order chi connectivity index (χ0) is 7.82. The summed E-state index contributed by atoms with van der Waals surface area (Å²) in [5.74, 6) is 0. The highest BCUT2D eigenvalue weighted by atomic mass is 14.7. The van der Waals surface area contributed by atoms with Gasteiger partial charge in [0.2, 0.25) is 0 Å². The number of nitrogens with zero attached hydrogens (tertiary/aromatic N) is 1. The van der Waals surface area contributed by atoms with Gasteiger partial charge in [-0.15, -0.1) is 0 Å². The molecule has 0 amide bonds. The molecule has 0 radical (unpaired) electrons. The molecule has 0 N–H and O–H groups in total. The fourth-order valence-electron chi connectivity index (χ4n) is 0.681. The average Bonchev–Trinajstić information content (AvgIpc) is 1.99. The minimum Gasteiger partial charge on any atom is -0.293 e. The zero-order valence-electron chi connectivity index (χ0n) is 7.22. The zero-order valence-corrected chi connectivity index (χ0v) is 7.22. The lowest BCUT2D eigenvalue weighted by molar-refractivity contribution is 0.935. The summed E-state index contributed by atoms with van der Waals surface area (Å²) in [7, 11) is 0. The van der Waals surface area contributed by atoms with Crippen molar-refractivity contribution in [3.05, 3.63) is 11.6 Å². The highest BCUT2D eigenvalue weighted by molar-refractivity contribution is 5.78. The molecule has 0 fully saturated rings. The quantitative estimate of drug-likeness (QED) is 0.531. The number of allylic oxidation sites excluding steroid dienone is 2. The van der Waals surface area contributed by atoms with Gasteiger partial charge in [-0.1, -0.05) is 19.9 Å². The Bertz CT molecular complexity index is 123. The largest absolute Gasteiger partial charge is 0.293 e. The molecular formula is C9H17N. The van der Waals surface area contributed by atoms with Crippen LogP contribution in [-0.4, -0.2) is 12.8 Å². The van der Waals surface area contributed by atoms with E-state index in [0.29, 0.717) is 0 Å². The molecule has 0 aliphatic carbocycles. The lowest BCUT2D eigenvalue weighted by Gasteiger charge is -1.92. The second-order valence-electron chi connectivity index (χ2n) is 2.25. The average molecular weight is 139 g/mol. The van der Waals surface area contributed by atoms with Crippen LogP contribution in [0.2, 0.25) is 0 Å². The highest BCUT2D eigenvalue weighted by Crippen LogP contribution is 1.95. The van der Waals surface area contributed by atoms with Gasteiger partial charge in [-0.05, 0) is 25.3 Å². The lowest BCUT2D eigenvalue weighted by Crippen LogP contribution is -1.83. The van der Waals surface area contributed by atoms with Gasteiger partial charge in [-0.25, -0.2) is 0 Å². The molecule has 0 aliphatic heterocycles. The molecule has 0 bridgehead atoms. The maximum absolute atomic E-state index is 4.24. The van der Waals surface area contributed by atoms with E-state index in [0.717, 1.165) is 19.4 Å². The Morgan fingerprint density at radius 2 is 2.10 bits per heavy atom. The third kappa shape index (κ3) is 4.30. The van der Waals surface area contributed by atoms with E-state index >= 15 is 0 Å². The minimum atomic E-state index is 0.956. The Labute approximate surface area is 63.9 Å². The molecule has 0 heterocycles. The van der Waals surface area contributed by atoms with E-state index < -0.39 is 0 Å². The molecule has 1 nitrogen and oxygen atoms in total. The SMILES string of the molecule is C/C=C(\C=NCCC)CC. The Morgan fingerprint density at radius 3 is 2.50 bits per heavy atom. The van der Waals surface area contributed by atoms with Gasteiger partial charge in [0.15, 0.2) is 0 Å². The van der Waals surface area contributed by atoms with Crippen molar-refractivity contribution in [2.45, 2.75) is 33.6 Å². The van der Waals surface area contributed by atoms with E-state index in [-0.39, 0.29) is 0 Å². The molecule has 0 saturated carbocycles. The van der Waals surface area contributed by atoms with Crippen molar-refractivity contribution in [3.8, 4) is 0 Å². The predicted molar refractivity (Wildman–Crippen MR) is 47.7 cm³/mol. The van der Waals surface area contributed by atoms with Crippen LogP contribution in [0.1, 0.15) is 33.6 Å². The van der Waals surface area contributed by atoms with E-state index in [1.807, 2.05) is 6.21 Å². The fourth-order valence-corrected chi connectivity index (χ4v) is 0.681. The topological polar surface area (TPSA) is 12.4 Å². The Morgan fingerprint density at radius 1 is 1.40 bits per heavy atom. The van der Waals surface area contributed by atoms with Crippen molar-refractivity contribution < 1.29 is 0 Å². The van der Waals surface area contributed by atoms with Crippen LogP contribution in [0.3, 0.4) is 0 Å². The molecule has 1 heteroatoms. The molecule has 0 rings (SSSR count). The van der Waals surface area contributed by atoms with Gasteiger partial charge in [-0.2, -0.15) is 0 Å². The molecule has 0 saturated heterocycles. The van der Waals surface area contributed by atoms with Crippen LogP contribution in [0.15, 0.2) is 16.6 Å². The maximum atomic E-state index is 4.24. The van der Waals surface area contributed by atoms with Crippen LogP contribution in [0.25, 0.3) is 0 Å². The predicted octanol–water partition coefficient (Wildman–Crippen LogP) is 2.82. The van der Waals surface area contributed by atoms with Gasteiger partial charge in [-0.3, -0.25) is 4.99 Å². The van der Waals surface area contributed by atoms with Gasteiger partial charge in [0.05, 0.1) is 0 Å². The van der Waals surface area contributed by atoms with E-state index in [9.17, 15) is 0 Å². The van der Waals surface area contributed by atoms with Crippen LogP contribution in [0.4, 0.5) is 0 Å². The normalized spacial score (nSPS) is 12.9. The van der Waals surface area contributed by atoms with Gasteiger partial charge in [0.25, 0.3) is 0 Å². The molecule has 0 aromatic carbocycles. The molecule has 0 aromatic heterocycles. The summed E-state index contributed by atoms with van der Waals surface area (Å²) in [4.78, 5) is 4.24. The number of hydrogen-bond acceptors (Lipinski definition) is 1. The molecule has 0 spiro atoms. The maximum Gasteiger partial charge on any atom is 0.0386 e. The number of rotatable bonds is 4. The molecule has 0 unspecified atom stereocenters. The summed E-state index contributed by atoms with van der Waals surface area (Å²) in [6.45, 7) is 7.29. The Hall–Kier alpha value is -0.590. The number of hydrogen-bond donors (Lipinski definition) is 0. The first-order valence-corrected chi connectivity index (χ1v) is 4.00. The van der Waals surface area contributed by atoms with Crippen LogP contribution in [0, 0.1) is 0 Å². The van der Waals surface area contributed by atoms with Crippen LogP contribution in [-0.2, 0) is 0 Å². The smallest absolute Gasteiger partial charge is 0.0386 e. The van der Waals surface area contributed by atoms with E-state index in [4.69, 9.17) is 0 Å². The highest BCUT2D eigenvalue weighted by Gasteiger charge is 1.83. The second kappa shape index (κ2) is 6.53. The van der Waals surface area contributed by atoms with Crippen molar-refractivity contribution in [1.29, 1.82) is 0 Å². The third-order valence-electron chi connectivity index (χ3n) is 1.39. The second-order valence-corrected chi connectivity index (χ2v) is 2.25. The minimum absolute atomic E-state index is 0.956. The van der Waals surface area contributed by atoms with Gasteiger partial charge in [0, 0.05) is 12.8 Å². The molecule has 10 heavy (non-hydrogen) atoms. The monoisotopic (exact) mass is 139 g/mol. The van der Waals surface area contributed by atoms with E-state index in [2.05, 4.69) is 31.8 Å². The van der Waals surface area contributed by atoms with Crippen LogP contribution in [0.5, 0.6) is 0 Å². The van der Waals surface area contributed by atoms with Crippen molar-refractivity contribution >= 4 is 6.21 Å². The molecular weight excluding hydrogens is 122 g/mol. The first-order valence-electron chi connectivity index (χ1n) is 4.00. The van der Waals surface area contributed by atoms with Gasteiger partial charge < -0.3 is 0 Å². The Kier molecular flexibility index (Phi) is 6.14. The summed E-state index contributed by atoms with van der Waals surface area (Å²) >= 11 is 0. The summed E-state index contributed by atoms with van der Waals surface area (Å²) in [5, 5.41) is 0. The van der Waals surface area contributed by atoms with Crippen LogP contribution >= 0.6 is 0 Å². The number of aliphatic imine (C=N–C) groups is 1. The summed E-state index contributed by atoms with van der Waals surface area (Å²) in [6.07, 6.45) is 6.31. The van der Waals surface area contributed by atoms with E-state index in [1.165, 1.54) is 5.57 Å². The summed E-state index contributed by atoms with van der Waals surface area (Å²) in [5.41, 5.74) is 1.33. The lowest BCUT2D eigenvalue weighted by atomic mass is 10.2. The summed E-state index contributed by atoms with van der Waals surface area (Å²) < 4.78 is 0. The van der Waals surface area contributed by atoms with Gasteiger partial charge >= 0.3 is 0 Å². The van der Waals surface area contributed by atoms with Crippen molar-refractivity contribution in [2.75, 3.05) is 6.54 Å². The van der Waals surface area contributed by atoms with E-state index in [1.54, 1.807) is 0 Å². The Balaban J connectivity index is 3.63. The molecule has 0 aromatic rings. The summed E-state index contributed by atoms with van der Waals surface area (Å²) in [6, 6.07) is 0. The molecule has 0 aliphatic rings. The molecule has 0 atom stereocenters. The third-order valence-corrected chi connectivity index (χ3v) is 1.39.